The van der Waals surface area contributed by atoms with E-state index in [-0.39, 0.29) is 5.82 Å². The molecule has 0 aromatic heterocycles. The van der Waals surface area contributed by atoms with Gasteiger partial charge in [0, 0.05) is 26.2 Å². The summed E-state index contributed by atoms with van der Waals surface area (Å²) in [4.78, 5) is 2.10. The maximum Gasteiger partial charge on any atom is 0.146 e. The lowest BCUT2D eigenvalue weighted by atomic mass is 10.1. The number of hydrogen-bond acceptors (Lipinski definition) is 3. The number of halogens is 1. The van der Waals surface area contributed by atoms with E-state index in [4.69, 9.17) is 10.5 Å². The number of nitrogens with zero attached hydrogens (tertiary/aromatic N) is 1. The molecule has 0 bridgehead atoms. The quantitative estimate of drug-likeness (QED) is 0.822. The minimum atomic E-state index is -0.184. The van der Waals surface area contributed by atoms with Gasteiger partial charge < -0.3 is 15.4 Å². The number of rotatable bonds is 6. The summed E-state index contributed by atoms with van der Waals surface area (Å²) in [5.74, 6) is -0.184. The van der Waals surface area contributed by atoms with Gasteiger partial charge in [0.05, 0.1) is 12.3 Å². The van der Waals surface area contributed by atoms with E-state index in [2.05, 4.69) is 4.90 Å². The molecular weight excluding hydrogens is 219 g/mol. The summed E-state index contributed by atoms with van der Waals surface area (Å²) in [6, 6.07) is 5.55. The number of nitrogens with two attached hydrogens (primary N) is 1. The second-order valence-electron chi connectivity index (χ2n) is 4.37. The molecule has 3 nitrogen and oxygen atoms in total. The summed E-state index contributed by atoms with van der Waals surface area (Å²) in [5, 5.41) is 0. The Morgan fingerprint density at radius 2 is 2.24 bits per heavy atom. The summed E-state index contributed by atoms with van der Waals surface area (Å²) in [6.45, 7) is 1.69. The van der Waals surface area contributed by atoms with Crippen molar-refractivity contribution < 1.29 is 9.13 Å². The van der Waals surface area contributed by atoms with Crippen molar-refractivity contribution in [3.8, 4) is 0 Å². The molecule has 0 radical (unpaired) electrons. The molecule has 1 fully saturated rings. The second-order valence-corrected chi connectivity index (χ2v) is 4.37. The first-order chi connectivity index (χ1) is 8.27. The highest BCUT2D eigenvalue weighted by atomic mass is 19.1. The van der Waals surface area contributed by atoms with E-state index in [0.29, 0.717) is 24.9 Å². The molecule has 1 saturated carbocycles. The highest BCUT2D eigenvalue weighted by Crippen LogP contribution is 2.34. The fourth-order valence-corrected chi connectivity index (χ4v) is 2.10. The highest BCUT2D eigenvalue weighted by molar-refractivity contribution is 5.56. The second kappa shape index (κ2) is 5.47. The van der Waals surface area contributed by atoms with E-state index in [0.717, 1.165) is 24.9 Å². The molecule has 0 amide bonds. The van der Waals surface area contributed by atoms with Crippen molar-refractivity contribution in [3.63, 3.8) is 0 Å². The molecule has 4 heteroatoms. The first-order valence-electron chi connectivity index (χ1n) is 6.01. The van der Waals surface area contributed by atoms with Gasteiger partial charge in [-0.05, 0) is 24.5 Å². The van der Waals surface area contributed by atoms with Crippen molar-refractivity contribution in [2.45, 2.75) is 25.4 Å². The Morgan fingerprint density at radius 1 is 1.47 bits per heavy atom. The van der Waals surface area contributed by atoms with Crippen LogP contribution in [0, 0.1) is 5.82 Å². The number of methoxy groups -OCH3 is 1. The summed E-state index contributed by atoms with van der Waals surface area (Å²) in [5.41, 5.74) is 7.21. The Morgan fingerprint density at radius 3 is 2.82 bits per heavy atom. The third-order valence-electron chi connectivity index (χ3n) is 3.10. The van der Waals surface area contributed by atoms with E-state index in [1.165, 1.54) is 6.07 Å². The van der Waals surface area contributed by atoms with Crippen LogP contribution in [0.1, 0.15) is 18.4 Å². The monoisotopic (exact) mass is 238 g/mol. The van der Waals surface area contributed by atoms with Gasteiger partial charge in [-0.1, -0.05) is 12.1 Å². The van der Waals surface area contributed by atoms with Gasteiger partial charge in [0.2, 0.25) is 0 Å². The zero-order valence-electron chi connectivity index (χ0n) is 10.2. The molecule has 94 valence electrons. The van der Waals surface area contributed by atoms with Crippen LogP contribution in [0.3, 0.4) is 0 Å². The Bertz CT molecular complexity index is 380. The molecule has 0 unspecified atom stereocenters. The van der Waals surface area contributed by atoms with Crippen molar-refractivity contribution in [2.75, 3.05) is 25.2 Å². The van der Waals surface area contributed by atoms with Crippen LogP contribution in [0.5, 0.6) is 0 Å². The molecule has 2 N–H and O–H groups in total. The average molecular weight is 238 g/mol. The van der Waals surface area contributed by atoms with Crippen LogP contribution < -0.4 is 10.6 Å². The van der Waals surface area contributed by atoms with Gasteiger partial charge in [0.25, 0.3) is 0 Å². The molecule has 0 spiro atoms. The minimum Gasteiger partial charge on any atom is -0.383 e. The zero-order valence-corrected chi connectivity index (χ0v) is 10.2. The van der Waals surface area contributed by atoms with Crippen LogP contribution >= 0.6 is 0 Å². The van der Waals surface area contributed by atoms with Crippen LogP contribution in [0.25, 0.3) is 0 Å². The Balaban J connectivity index is 2.27. The minimum absolute atomic E-state index is 0.184. The first kappa shape index (κ1) is 12.3. The normalized spacial score (nSPS) is 15.0. The summed E-state index contributed by atoms with van der Waals surface area (Å²) >= 11 is 0. The molecule has 1 aromatic carbocycles. The molecule has 0 atom stereocenters. The van der Waals surface area contributed by atoms with Gasteiger partial charge in [-0.25, -0.2) is 4.39 Å². The lowest BCUT2D eigenvalue weighted by molar-refractivity contribution is 0.204. The summed E-state index contributed by atoms with van der Waals surface area (Å²) in [6.07, 6.45) is 2.25. The van der Waals surface area contributed by atoms with Crippen molar-refractivity contribution in [3.05, 3.63) is 29.6 Å². The Labute approximate surface area is 101 Å². The molecule has 0 aliphatic heterocycles. The maximum absolute atomic E-state index is 14.0. The molecule has 1 aliphatic carbocycles. The van der Waals surface area contributed by atoms with Gasteiger partial charge in [-0.15, -0.1) is 0 Å². The number of para-hydroxylation sites is 1. The Hall–Kier alpha value is -1.13. The van der Waals surface area contributed by atoms with E-state index in [1.54, 1.807) is 13.2 Å². The third-order valence-corrected chi connectivity index (χ3v) is 3.10. The van der Waals surface area contributed by atoms with Gasteiger partial charge in [-0.3, -0.25) is 0 Å². The van der Waals surface area contributed by atoms with E-state index >= 15 is 0 Å². The van der Waals surface area contributed by atoms with Gasteiger partial charge >= 0.3 is 0 Å². The van der Waals surface area contributed by atoms with Crippen molar-refractivity contribution in [1.29, 1.82) is 0 Å². The SMILES string of the molecule is COCCN(c1c(F)cccc1CN)C1CC1. The molecule has 17 heavy (non-hydrogen) atoms. The number of anilines is 1. The van der Waals surface area contributed by atoms with Crippen LogP contribution in [-0.4, -0.2) is 26.3 Å². The topological polar surface area (TPSA) is 38.5 Å². The lowest BCUT2D eigenvalue weighted by Crippen LogP contribution is -2.31. The first-order valence-corrected chi connectivity index (χ1v) is 6.01. The van der Waals surface area contributed by atoms with E-state index in [1.807, 2.05) is 6.07 Å². The zero-order chi connectivity index (χ0) is 12.3. The van der Waals surface area contributed by atoms with Gasteiger partial charge in [-0.2, -0.15) is 0 Å². The van der Waals surface area contributed by atoms with Crippen LogP contribution in [0.2, 0.25) is 0 Å². The van der Waals surface area contributed by atoms with Crippen molar-refractivity contribution >= 4 is 5.69 Å². The fraction of sp³-hybridized carbons (Fsp3) is 0.538. The Kier molecular flexibility index (Phi) is 3.97. The average Bonchev–Trinajstić information content (AvgIpc) is 3.15. The molecular formula is C13H19FN2O. The number of ether oxygens (including phenoxy) is 1. The summed E-state index contributed by atoms with van der Waals surface area (Å²) < 4.78 is 19.1. The smallest absolute Gasteiger partial charge is 0.146 e. The van der Waals surface area contributed by atoms with Crippen molar-refractivity contribution in [1.82, 2.24) is 0 Å². The molecule has 0 heterocycles. The predicted molar refractivity (Wildman–Crippen MR) is 66.5 cm³/mol. The predicted octanol–water partition coefficient (Wildman–Crippen LogP) is 1.90. The molecule has 1 aliphatic rings. The van der Waals surface area contributed by atoms with Crippen LogP contribution in [-0.2, 0) is 11.3 Å². The van der Waals surface area contributed by atoms with Crippen LogP contribution in [0.15, 0.2) is 18.2 Å². The van der Waals surface area contributed by atoms with Gasteiger partial charge in [0.15, 0.2) is 0 Å². The molecule has 1 aromatic rings. The van der Waals surface area contributed by atoms with E-state index < -0.39 is 0 Å². The maximum atomic E-state index is 14.0. The lowest BCUT2D eigenvalue weighted by Gasteiger charge is -2.27. The largest absolute Gasteiger partial charge is 0.383 e. The number of benzene rings is 1. The van der Waals surface area contributed by atoms with Crippen LogP contribution in [0.4, 0.5) is 10.1 Å². The van der Waals surface area contributed by atoms with E-state index in [9.17, 15) is 4.39 Å². The summed E-state index contributed by atoms with van der Waals surface area (Å²) in [7, 11) is 1.66. The molecule has 2 rings (SSSR count). The fourth-order valence-electron chi connectivity index (χ4n) is 2.10. The molecule has 0 saturated heterocycles. The van der Waals surface area contributed by atoms with Crippen molar-refractivity contribution in [2.24, 2.45) is 5.73 Å². The highest BCUT2D eigenvalue weighted by Gasteiger charge is 2.31. The van der Waals surface area contributed by atoms with Gasteiger partial charge in [0.1, 0.15) is 5.82 Å². The standard InChI is InChI=1S/C13H19FN2O/c1-17-8-7-16(11-5-6-11)13-10(9-15)3-2-4-12(13)14/h2-4,11H,5-9,15H2,1H3. The third kappa shape index (κ3) is 2.76. The number of hydrogen-bond donors (Lipinski definition) is 1.